The SMILES string of the molecule is COCCN1C(=O)C(=O)/C(=C(/O)c2cc(Cl)c(OC)c(Cl)c2OC)C1c1cccc(OCc2ccc(F)cc2)c1. The molecule has 8 nitrogen and oxygen atoms in total. The summed E-state index contributed by atoms with van der Waals surface area (Å²) in [5.41, 5.74) is 1.07. The highest BCUT2D eigenvalue weighted by molar-refractivity contribution is 6.47. The van der Waals surface area contributed by atoms with Crippen LogP contribution in [0.5, 0.6) is 17.2 Å². The third-order valence-electron chi connectivity index (χ3n) is 6.36. The minimum absolute atomic E-state index is 0.0109. The average Bonchev–Trinajstić information content (AvgIpc) is 3.20. The minimum Gasteiger partial charge on any atom is -0.507 e. The molecule has 0 radical (unpaired) electrons. The molecule has 1 N–H and O–H groups in total. The fourth-order valence-corrected chi connectivity index (χ4v) is 5.15. The molecular weight excluding hydrogens is 564 g/mol. The van der Waals surface area contributed by atoms with Crippen LogP contribution < -0.4 is 14.2 Å². The Morgan fingerprint density at radius 1 is 1.00 bits per heavy atom. The second-order valence-corrected chi connectivity index (χ2v) is 9.54. The predicted molar refractivity (Wildman–Crippen MR) is 148 cm³/mol. The van der Waals surface area contributed by atoms with Gasteiger partial charge in [-0.3, -0.25) is 9.59 Å². The maximum absolute atomic E-state index is 13.3. The second-order valence-electron chi connectivity index (χ2n) is 8.76. The van der Waals surface area contributed by atoms with E-state index in [9.17, 15) is 19.1 Å². The summed E-state index contributed by atoms with van der Waals surface area (Å²) in [6.45, 7) is 0.381. The van der Waals surface area contributed by atoms with Gasteiger partial charge in [-0.1, -0.05) is 47.5 Å². The van der Waals surface area contributed by atoms with Gasteiger partial charge < -0.3 is 29.0 Å². The molecule has 40 heavy (non-hydrogen) atoms. The molecule has 0 bridgehead atoms. The number of benzene rings is 3. The van der Waals surface area contributed by atoms with Crippen LogP contribution in [0, 0.1) is 5.82 Å². The molecule has 4 rings (SSSR count). The summed E-state index contributed by atoms with van der Waals surface area (Å²) < 4.78 is 34.9. The van der Waals surface area contributed by atoms with Gasteiger partial charge in [-0.15, -0.1) is 0 Å². The molecule has 1 unspecified atom stereocenters. The van der Waals surface area contributed by atoms with Crippen LogP contribution in [0.3, 0.4) is 0 Å². The number of rotatable bonds is 10. The summed E-state index contributed by atoms with van der Waals surface area (Å²) in [5, 5.41) is 11.6. The van der Waals surface area contributed by atoms with Crippen molar-refractivity contribution in [2.75, 3.05) is 34.5 Å². The van der Waals surface area contributed by atoms with Gasteiger partial charge in [0.25, 0.3) is 11.7 Å². The summed E-state index contributed by atoms with van der Waals surface area (Å²) in [7, 11) is 4.18. The average molecular weight is 590 g/mol. The molecule has 3 aromatic rings. The van der Waals surface area contributed by atoms with Crippen molar-refractivity contribution in [3.8, 4) is 17.2 Å². The van der Waals surface area contributed by atoms with Crippen molar-refractivity contribution in [3.63, 3.8) is 0 Å². The van der Waals surface area contributed by atoms with Gasteiger partial charge in [0.05, 0.1) is 43.0 Å². The Hall–Kier alpha value is -3.79. The summed E-state index contributed by atoms with van der Waals surface area (Å²) in [6, 6.07) is 13.0. The van der Waals surface area contributed by atoms with Crippen LogP contribution in [0.2, 0.25) is 10.0 Å². The van der Waals surface area contributed by atoms with Crippen LogP contribution in [-0.2, 0) is 20.9 Å². The summed E-state index contributed by atoms with van der Waals surface area (Å²) in [5.74, 6) is -2.02. The topological polar surface area (TPSA) is 94.5 Å². The van der Waals surface area contributed by atoms with Crippen molar-refractivity contribution in [1.29, 1.82) is 0 Å². The van der Waals surface area contributed by atoms with Crippen molar-refractivity contribution in [2.24, 2.45) is 0 Å². The Balaban J connectivity index is 1.81. The molecule has 1 amide bonds. The molecule has 210 valence electrons. The molecule has 0 saturated carbocycles. The van der Waals surface area contributed by atoms with Gasteiger partial charge in [0.1, 0.15) is 29.0 Å². The highest BCUT2D eigenvalue weighted by atomic mass is 35.5. The molecule has 1 atom stereocenters. The van der Waals surface area contributed by atoms with Gasteiger partial charge in [0.15, 0.2) is 11.5 Å². The lowest BCUT2D eigenvalue weighted by atomic mass is 9.94. The Labute approximate surface area is 240 Å². The van der Waals surface area contributed by atoms with E-state index in [2.05, 4.69) is 0 Å². The lowest BCUT2D eigenvalue weighted by Crippen LogP contribution is -2.32. The van der Waals surface area contributed by atoms with E-state index < -0.39 is 23.5 Å². The van der Waals surface area contributed by atoms with Crippen LogP contribution in [0.15, 0.2) is 60.2 Å². The Bertz CT molecular complexity index is 1460. The van der Waals surface area contributed by atoms with Crippen LogP contribution in [0.25, 0.3) is 5.76 Å². The van der Waals surface area contributed by atoms with E-state index >= 15 is 0 Å². The number of aliphatic hydroxyl groups is 1. The molecule has 1 saturated heterocycles. The van der Waals surface area contributed by atoms with E-state index in [0.717, 1.165) is 5.56 Å². The first-order valence-electron chi connectivity index (χ1n) is 12.1. The lowest BCUT2D eigenvalue weighted by molar-refractivity contribution is -0.140. The largest absolute Gasteiger partial charge is 0.507 e. The molecule has 3 aromatic carbocycles. The maximum atomic E-state index is 13.3. The summed E-state index contributed by atoms with van der Waals surface area (Å²) >= 11 is 12.7. The van der Waals surface area contributed by atoms with E-state index in [1.165, 1.54) is 44.4 Å². The van der Waals surface area contributed by atoms with Gasteiger partial charge in [0, 0.05) is 13.7 Å². The molecule has 1 fully saturated rings. The number of aliphatic hydroxyl groups excluding tert-OH is 1. The zero-order valence-electron chi connectivity index (χ0n) is 21.9. The third kappa shape index (κ3) is 5.72. The number of likely N-dealkylation sites (tertiary alicyclic amines) is 1. The van der Waals surface area contributed by atoms with Crippen LogP contribution in [0.4, 0.5) is 4.39 Å². The van der Waals surface area contributed by atoms with Crippen LogP contribution in [0.1, 0.15) is 22.7 Å². The highest BCUT2D eigenvalue weighted by Gasteiger charge is 2.46. The summed E-state index contributed by atoms with van der Waals surface area (Å²) in [6.07, 6.45) is 0. The molecule has 1 aliphatic heterocycles. The first kappa shape index (κ1) is 29.2. The first-order valence-corrected chi connectivity index (χ1v) is 12.8. The van der Waals surface area contributed by atoms with Crippen molar-refractivity contribution in [2.45, 2.75) is 12.6 Å². The van der Waals surface area contributed by atoms with E-state index in [0.29, 0.717) is 11.3 Å². The maximum Gasteiger partial charge on any atom is 0.295 e. The van der Waals surface area contributed by atoms with Crippen molar-refractivity contribution >= 4 is 40.7 Å². The number of carbonyl (C=O) groups excluding carboxylic acids is 2. The third-order valence-corrected chi connectivity index (χ3v) is 6.99. The van der Waals surface area contributed by atoms with Gasteiger partial charge in [-0.05, 0) is 41.5 Å². The number of hydrogen-bond acceptors (Lipinski definition) is 7. The van der Waals surface area contributed by atoms with E-state index in [-0.39, 0.29) is 58.3 Å². The van der Waals surface area contributed by atoms with Gasteiger partial charge >= 0.3 is 0 Å². The van der Waals surface area contributed by atoms with Gasteiger partial charge in [-0.25, -0.2) is 4.39 Å². The molecule has 0 aromatic heterocycles. The number of hydrogen-bond donors (Lipinski definition) is 1. The van der Waals surface area contributed by atoms with E-state index in [1.54, 1.807) is 36.4 Å². The highest BCUT2D eigenvalue weighted by Crippen LogP contribution is 2.47. The number of Topliss-reactive ketones (excluding diaryl/α,β-unsaturated/α-hetero) is 1. The normalized spacial score (nSPS) is 16.4. The quantitative estimate of drug-likeness (QED) is 0.181. The van der Waals surface area contributed by atoms with Crippen molar-refractivity contribution in [1.82, 2.24) is 4.90 Å². The number of nitrogens with zero attached hydrogens (tertiary/aromatic N) is 1. The van der Waals surface area contributed by atoms with Crippen LogP contribution in [-0.4, -0.2) is 56.2 Å². The zero-order valence-corrected chi connectivity index (χ0v) is 23.4. The summed E-state index contributed by atoms with van der Waals surface area (Å²) in [4.78, 5) is 27.8. The second kappa shape index (κ2) is 12.6. The fourth-order valence-electron chi connectivity index (χ4n) is 4.46. The Morgan fingerprint density at radius 2 is 1.70 bits per heavy atom. The number of ketones is 1. The number of amides is 1. The van der Waals surface area contributed by atoms with Gasteiger partial charge in [-0.2, -0.15) is 0 Å². The molecule has 1 heterocycles. The molecule has 0 spiro atoms. The first-order chi connectivity index (χ1) is 19.2. The van der Waals surface area contributed by atoms with Crippen LogP contribution >= 0.6 is 23.2 Å². The molecule has 1 aliphatic rings. The van der Waals surface area contributed by atoms with Gasteiger partial charge in [0.2, 0.25) is 0 Å². The van der Waals surface area contributed by atoms with Crippen molar-refractivity contribution < 1.29 is 38.0 Å². The minimum atomic E-state index is -0.992. The fraction of sp³-hybridized carbons (Fsp3) is 0.241. The standard InChI is InChI=1S/C29H26Cl2FNO7/c1-37-12-11-33-24(17-5-4-6-19(13-17)40-15-16-7-9-18(32)10-8-16)22(26(35)29(33)36)25(34)20-14-21(30)28(39-3)23(31)27(20)38-2/h4-10,13-14,24,34H,11-12,15H2,1-3H3/b25-22+. The molecule has 11 heteroatoms. The number of halogens is 3. The Morgan fingerprint density at radius 3 is 2.35 bits per heavy atom. The Kier molecular flexibility index (Phi) is 9.19. The smallest absolute Gasteiger partial charge is 0.295 e. The monoisotopic (exact) mass is 589 g/mol. The molecular formula is C29H26Cl2FNO7. The zero-order chi connectivity index (χ0) is 29.0. The predicted octanol–water partition coefficient (Wildman–Crippen LogP) is 5.80. The molecule has 0 aliphatic carbocycles. The number of ether oxygens (including phenoxy) is 4. The lowest BCUT2D eigenvalue weighted by Gasteiger charge is -2.25. The van der Waals surface area contributed by atoms with E-state index in [1.807, 2.05) is 0 Å². The van der Waals surface area contributed by atoms with Crippen molar-refractivity contribution in [3.05, 3.63) is 92.7 Å². The van der Waals surface area contributed by atoms with E-state index in [4.69, 9.17) is 42.1 Å². The number of carbonyl (C=O) groups is 2. The number of methoxy groups -OCH3 is 3.